The minimum atomic E-state index is -0.362. The smallest absolute Gasteiger partial charge is 0.229 e. The average molecular weight is 487 g/mol. The lowest BCUT2D eigenvalue weighted by Crippen LogP contribution is -2.31. The van der Waals surface area contributed by atoms with Gasteiger partial charge in [0.15, 0.2) is 11.6 Å². The van der Waals surface area contributed by atoms with Crippen molar-refractivity contribution >= 4 is 67.4 Å². The van der Waals surface area contributed by atoms with Gasteiger partial charge in [-0.15, -0.1) is 22.7 Å². The number of hydrogen-bond donors (Lipinski definition) is 0. The zero-order chi connectivity index (χ0) is 24.0. The molecule has 0 N–H and O–H groups in total. The molecule has 2 aromatic heterocycles. The quantitative estimate of drug-likeness (QED) is 0.314. The summed E-state index contributed by atoms with van der Waals surface area (Å²) in [5.41, 5.74) is 1.42. The molecule has 8 heteroatoms. The van der Waals surface area contributed by atoms with Crippen LogP contribution < -0.4 is 9.80 Å². The lowest BCUT2D eigenvalue weighted by molar-refractivity contribution is -0.116. The highest BCUT2D eigenvalue weighted by atomic mass is 32.1. The molecule has 0 saturated carbocycles. The maximum Gasteiger partial charge on any atom is 0.229 e. The number of carbonyl (C=O) groups excluding carboxylic acids is 4. The van der Waals surface area contributed by atoms with Gasteiger partial charge in [0.05, 0.1) is 22.5 Å². The van der Waals surface area contributed by atoms with Gasteiger partial charge >= 0.3 is 0 Å². The number of hydrogen-bond acceptors (Lipinski definition) is 6. The van der Waals surface area contributed by atoms with Crippen LogP contribution >= 0.6 is 22.7 Å². The lowest BCUT2D eigenvalue weighted by atomic mass is 9.81. The molecule has 5 rings (SSSR count). The van der Waals surface area contributed by atoms with Crippen LogP contribution in [0.15, 0.2) is 71.4 Å². The summed E-state index contributed by atoms with van der Waals surface area (Å²) in [7, 11) is 0. The molecular formula is C26H18N2O4S2. The summed E-state index contributed by atoms with van der Waals surface area (Å²) in [4.78, 5) is 56.0. The molecule has 0 fully saturated rings. The molecule has 1 aliphatic rings. The number of anilines is 4. The first kappa shape index (κ1) is 21.9. The van der Waals surface area contributed by atoms with Gasteiger partial charge in [-0.1, -0.05) is 24.3 Å². The summed E-state index contributed by atoms with van der Waals surface area (Å²) in [5, 5.41) is 4.93. The Balaban J connectivity index is 1.85. The molecule has 1 aliphatic carbocycles. The van der Waals surface area contributed by atoms with Gasteiger partial charge in [-0.2, -0.15) is 0 Å². The molecule has 2 heterocycles. The Morgan fingerprint density at radius 1 is 0.618 bits per heavy atom. The lowest BCUT2D eigenvalue weighted by Gasteiger charge is -2.30. The highest BCUT2D eigenvalue weighted by molar-refractivity contribution is 7.14. The first-order valence-corrected chi connectivity index (χ1v) is 12.2. The Kier molecular flexibility index (Phi) is 5.47. The maximum atomic E-state index is 13.8. The van der Waals surface area contributed by atoms with Crippen LogP contribution in [0.25, 0.3) is 0 Å². The van der Waals surface area contributed by atoms with Crippen molar-refractivity contribution in [1.29, 1.82) is 0 Å². The van der Waals surface area contributed by atoms with E-state index in [9.17, 15) is 19.2 Å². The molecule has 0 aliphatic heterocycles. The Labute approximate surface area is 203 Å². The van der Waals surface area contributed by atoms with Crippen molar-refractivity contribution in [3.05, 3.63) is 93.7 Å². The van der Waals surface area contributed by atoms with Crippen LogP contribution in [-0.2, 0) is 9.59 Å². The summed E-state index contributed by atoms with van der Waals surface area (Å²) >= 11 is 2.70. The monoisotopic (exact) mass is 486 g/mol. The summed E-state index contributed by atoms with van der Waals surface area (Å²) < 4.78 is 0. The number of carbonyl (C=O) groups is 4. The molecular weight excluding hydrogens is 468 g/mol. The fourth-order valence-electron chi connectivity index (χ4n) is 4.24. The van der Waals surface area contributed by atoms with E-state index in [2.05, 4.69) is 0 Å². The average Bonchev–Trinajstić information content (AvgIpc) is 3.53. The van der Waals surface area contributed by atoms with Gasteiger partial charge in [0.2, 0.25) is 11.8 Å². The molecule has 2 amide bonds. The van der Waals surface area contributed by atoms with E-state index >= 15 is 0 Å². The van der Waals surface area contributed by atoms with Crippen molar-refractivity contribution in [2.24, 2.45) is 0 Å². The van der Waals surface area contributed by atoms with Crippen LogP contribution in [0, 0.1) is 0 Å². The largest absolute Gasteiger partial charge is 0.288 e. The molecule has 0 atom stereocenters. The van der Waals surface area contributed by atoms with E-state index in [0.717, 1.165) is 0 Å². The zero-order valence-electron chi connectivity index (χ0n) is 18.3. The summed E-state index contributed by atoms with van der Waals surface area (Å²) in [5.74, 6) is -1.31. The van der Waals surface area contributed by atoms with E-state index in [1.54, 1.807) is 48.5 Å². The van der Waals surface area contributed by atoms with E-state index in [-0.39, 0.29) is 45.6 Å². The highest BCUT2D eigenvalue weighted by Gasteiger charge is 2.38. The second kappa shape index (κ2) is 8.48. The van der Waals surface area contributed by atoms with Crippen molar-refractivity contribution < 1.29 is 19.2 Å². The van der Waals surface area contributed by atoms with Crippen LogP contribution in [-0.4, -0.2) is 23.4 Å². The molecule has 0 bridgehead atoms. The molecule has 0 unspecified atom stereocenters. The van der Waals surface area contributed by atoms with Crippen molar-refractivity contribution in [3.63, 3.8) is 0 Å². The Morgan fingerprint density at radius 3 is 1.35 bits per heavy atom. The van der Waals surface area contributed by atoms with Crippen LogP contribution in [0.1, 0.15) is 45.7 Å². The van der Waals surface area contributed by atoms with Crippen LogP contribution in [0.3, 0.4) is 0 Å². The topological polar surface area (TPSA) is 74.8 Å². The molecule has 0 spiro atoms. The van der Waals surface area contributed by atoms with Crippen molar-refractivity contribution in [1.82, 2.24) is 0 Å². The van der Waals surface area contributed by atoms with E-state index in [4.69, 9.17) is 0 Å². The number of thiophene rings is 2. The first-order valence-electron chi connectivity index (χ1n) is 10.4. The van der Waals surface area contributed by atoms with E-state index in [1.807, 2.05) is 22.9 Å². The third-order valence-corrected chi connectivity index (χ3v) is 7.30. The number of fused-ring (bicyclic) bond motifs is 2. The molecule has 0 radical (unpaired) electrons. The normalized spacial score (nSPS) is 12.2. The predicted octanol–water partition coefficient (Wildman–Crippen LogP) is 5.95. The van der Waals surface area contributed by atoms with Crippen molar-refractivity contribution in [3.8, 4) is 0 Å². The molecule has 6 nitrogen and oxygen atoms in total. The van der Waals surface area contributed by atoms with Gasteiger partial charge in [0.1, 0.15) is 10.0 Å². The minimum Gasteiger partial charge on any atom is -0.288 e. The number of rotatable bonds is 4. The zero-order valence-corrected chi connectivity index (χ0v) is 19.9. The van der Waals surface area contributed by atoms with Gasteiger partial charge < -0.3 is 0 Å². The summed E-state index contributed by atoms with van der Waals surface area (Å²) in [6, 6.07) is 17.1. The van der Waals surface area contributed by atoms with E-state index < -0.39 is 0 Å². The number of amides is 2. The third-order valence-electron chi connectivity index (χ3n) is 5.60. The van der Waals surface area contributed by atoms with Crippen LogP contribution in [0.5, 0.6) is 0 Å². The standard InChI is InChI=1S/C26H18N2O4S2/c1-15(29)27(21-9-5-13-33-21)19-11-12-20(28(16(2)30)22-10-6-14-34-22)24-23(19)25(31)17-7-3-4-8-18(17)26(24)32/h3-14H,1-2H3. The van der Waals surface area contributed by atoms with Crippen molar-refractivity contribution in [2.75, 3.05) is 9.80 Å². The number of nitrogens with zero attached hydrogens (tertiary/aromatic N) is 2. The third kappa shape index (κ3) is 3.39. The second-order valence-electron chi connectivity index (χ2n) is 7.67. The van der Waals surface area contributed by atoms with Gasteiger partial charge in [-0.05, 0) is 47.2 Å². The highest BCUT2D eigenvalue weighted by Crippen LogP contribution is 2.44. The molecule has 34 heavy (non-hydrogen) atoms. The van der Waals surface area contributed by atoms with Crippen LogP contribution in [0.4, 0.5) is 21.4 Å². The minimum absolute atomic E-state index is 0.118. The van der Waals surface area contributed by atoms with E-state index in [1.165, 1.54) is 46.3 Å². The number of ketones is 2. The summed E-state index contributed by atoms with van der Waals surface area (Å²) in [6.07, 6.45) is 0. The summed E-state index contributed by atoms with van der Waals surface area (Å²) in [6.45, 7) is 2.83. The Hall–Kier alpha value is -3.88. The second-order valence-corrected chi connectivity index (χ2v) is 9.52. The van der Waals surface area contributed by atoms with Gasteiger partial charge in [-0.25, -0.2) is 0 Å². The first-order chi connectivity index (χ1) is 16.4. The van der Waals surface area contributed by atoms with Gasteiger partial charge in [0, 0.05) is 25.0 Å². The predicted molar refractivity (Wildman–Crippen MR) is 134 cm³/mol. The van der Waals surface area contributed by atoms with Gasteiger partial charge in [0.25, 0.3) is 0 Å². The molecule has 2 aromatic carbocycles. The molecule has 0 saturated heterocycles. The Morgan fingerprint density at radius 2 is 1.03 bits per heavy atom. The van der Waals surface area contributed by atoms with Crippen molar-refractivity contribution in [2.45, 2.75) is 13.8 Å². The van der Waals surface area contributed by atoms with E-state index in [0.29, 0.717) is 21.4 Å². The fourth-order valence-corrected chi connectivity index (χ4v) is 5.81. The Bertz CT molecular complexity index is 1350. The molecule has 168 valence electrons. The van der Waals surface area contributed by atoms with Crippen LogP contribution in [0.2, 0.25) is 0 Å². The SMILES string of the molecule is CC(=O)N(c1cccs1)c1ccc(N(C(C)=O)c2cccs2)c2c1C(=O)c1ccccc1C2=O. The number of benzene rings is 2. The maximum absolute atomic E-state index is 13.8. The van der Waals surface area contributed by atoms with Gasteiger partial charge in [-0.3, -0.25) is 29.0 Å². The molecule has 4 aromatic rings. The fraction of sp³-hybridized carbons (Fsp3) is 0.0769.